The van der Waals surface area contributed by atoms with Crippen LogP contribution in [0.25, 0.3) is 0 Å². The molecule has 1 aliphatic heterocycles. The number of ketones is 2. The third-order valence-electron chi connectivity index (χ3n) is 12.0. The van der Waals surface area contributed by atoms with Crippen molar-refractivity contribution >= 4 is 106 Å². The molecule has 1 heterocycles. The van der Waals surface area contributed by atoms with Gasteiger partial charge in [-0.1, -0.05) is 0 Å². The van der Waals surface area contributed by atoms with Crippen molar-refractivity contribution in [1.29, 1.82) is 0 Å². The number of nitrogens with two attached hydrogens (primary N) is 5. The summed E-state index contributed by atoms with van der Waals surface area (Å²) >= 11 is 8.53. The van der Waals surface area contributed by atoms with E-state index in [0.29, 0.717) is 110 Å². The van der Waals surface area contributed by atoms with Gasteiger partial charge >= 0.3 is 44.4 Å². The second kappa shape index (κ2) is 170. The Bertz CT molecular complexity index is 1730. The third-order valence-corrected chi connectivity index (χ3v) is 15.1. The first-order chi connectivity index (χ1) is 52.0. The number of amides is 2. The maximum absolute atomic E-state index is 11.2. The molecule has 51 heteroatoms. The number of cyclic esters (lactones) is 2. The van der Waals surface area contributed by atoms with Crippen molar-refractivity contribution in [3.8, 4) is 0 Å². The molecule has 0 aliphatic carbocycles. The van der Waals surface area contributed by atoms with Crippen LogP contribution in [0.3, 0.4) is 0 Å². The number of unbranched alkanes of at least 4 members (excludes halogenated alkanes) is 2. The van der Waals surface area contributed by atoms with Crippen molar-refractivity contribution in [3.05, 3.63) is 0 Å². The number of carbonyl (C=O) groups excluding carboxylic acids is 6. The standard InChI is InChI=1S/2C10H18O4.2C9H17NO4.C8H21NO2Si.C5H6O3.4C4H11NO.3Er.3H2O2S.3Y.3Yb/c2*1-14-8-3-2-5-9(11)6-4-7-10(12)13;2*1-14-7-3-6-10-8(11)4-2-5-9(12)13;1-4-10-12(3,11-5-2)8-6-7-9;6-4-2-1-3-5(7)8-4;4*1-6-4-2-3-5;;;;3*1-2-3;;;;;;/h2*2-8H2,1H3,(H,12,13);2*2-7H2,1H3,(H,10,11)(H,12,13);4-9H2,1-3H3;1-3H2;4*2-5H2,1H3;;;;3*1,3H;;;;;;. The fourth-order valence-electron chi connectivity index (χ4n) is 6.86. The van der Waals surface area contributed by atoms with Crippen LogP contribution in [0.1, 0.15) is 194 Å². The second-order valence-electron chi connectivity index (χ2n) is 21.7. The Hall–Kier alpha value is 7.34. The number of methoxy groups -OCH3 is 8. The molecule has 0 aromatic rings. The van der Waals surface area contributed by atoms with Crippen LogP contribution in [-0.4, -0.2) is 273 Å². The number of nitrogens with one attached hydrogen (secondary N) is 2. The average Bonchev–Trinajstić information content (AvgIpc) is 0.861. The topological polar surface area (TPSA) is 596 Å². The Balaban J connectivity index is -0.0000000463. The summed E-state index contributed by atoms with van der Waals surface area (Å²) < 4.78 is 62.4. The molecule has 0 saturated carbocycles. The third kappa shape index (κ3) is 226. The number of aliphatic carboxylic acids is 4. The van der Waals surface area contributed by atoms with Gasteiger partial charge in [-0.15, -0.1) is 0 Å². The van der Waals surface area contributed by atoms with Gasteiger partial charge in [-0.05, 0) is 162 Å². The largest absolute Gasteiger partial charge is 0.481 e. The minimum absolute atomic E-state index is 0. The number of hydrogen-bond donors (Lipinski definition) is 17. The molecule has 19 N–H and O–H groups in total. The van der Waals surface area contributed by atoms with Crippen LogP contribution in [-0.2, 0) is 211 Å². The van der Waals surface area contributed by atoms with E-state index in [-0.39, 0.29) is 425 Å². The number of Topliss-reactive ketones (excluding diaryl/α,β-unsaturated/α-hetero) is 2. The van der Waals surface area contributed by atoms with Gasteiger partial charge in [0, 0.05) is 603 Å². The first-order valence-electron chi connectivity index (χ1n) is 35.8. The van der Waals surface area contributed by atoms with E-state index in [1.165, 1.54) is 0 Å². The van der Waals surface area contributed by atoms with Gasteiger partial charge < -0.3 is 111 Å². The maximum Gasteiger partial charge on any atom is 0.334 e. The summed E-state index contributed by atoms with van der Waals surface area (Å²) in [4.78, 5) is 105. The summed E-state index contributed by atoms with van der Waals surface area (Å²) in [5.74, 6) is -4.05. The van der Waals surface area contributed by atoms with Crippen LogP contribution in [0.5, 0.6) is 0 Å². The number of thiol groups is 3. The summed E-state index contributed by atoms with van der Waals surface area (Å²) in [7, 11) is 11.3. The first kappa shape index (κ1) is 178. The Morgan fingerprint density at radius 3 is 0.771 bits per heavy atom. The smallest absolute Gasteiger partial charge is 0.334 e. The van der Waals surface area contributed by atoms with E-state index in [2.05, 4.69) is 73.6 Å². The number of carboxylic acids is 4. The summed E-state index contributed by atoms with van der Waals surface area (Å²) in [6.45, 7) is 18.2. The number of hydrogen-bond acceptors (Lipinski definition) is 35. The van der Waals surface area contributed by atoms with Crippen molar-refractivity contribution in [2.45, 2.75) is 206 Å². The van der Waals surface area contributed by atoms with E-state index < -0.39 is 32.4 Å². The maximum atomic E-state index is 11.2. The number of rotatable bonds is 53. The van der Waals surface area contributed by atoms with Crippen molar-refractivity contribution in [2.24, 2.45) is 28.7 Å². The van der Waals surface area contributed by atoms with Crippen LogP contribution >= 0.6 is 38.7 Å². The van der Waals surface area contributed by atoms with Gasteiger partial charge in [-0.2, -0.15) is 13.0 Å². The summed E-state index contributed by atoms with van der Waals surface area (Å²) in [5.41, 5.74) is 26.0. The minimum Gasteiger partial charge on any atom is -0.481 e. The fraction of sp³-hybridized carbons (Fsp3) is 0.851. The molecule has 1 rings (SSSR count). The molecule has 118 heavy (non-hydrogen) atoms. The predicted molar refractivity (Wildman–Crippen MR) is 425 cm³/mol. The van der Waals surface area contributed by atoms with Crippen LogP contribution in [0, 0.1) is 253 Å². The molecular formula is C67H147Er3N7O31S3SiY3Yb3. The van der Waals surface area contributed by atoms with Crippen LogP contribution in [0.4, 0.5) is 0 Å². The number of ether oxygens (including phenoxy) is 9. The predicted octanol–water partition coefficient (Wildman–Crippen LogP) is 6.64. The summed E-state index contributed by atoms with van der Waals surface area (Å²) in [5, 5.41) is 59.5. The zero-order chi connectivity index (χ0) is 86.1. The van der Waals surface area contributed by atoms with Gasteiger partial charge in [0.15, 0.2) is 0 Å². The number of esters is 2. The van der Waals surface area contributed by atoms with Gasteiger partial charge in [0.1, 0.15) is 11.6 Å². The van der Waals surface area contributed by atoms with Crippen molar-refractivity contribution in [2.75, 3.05) is 169 Å². The molecule has 0 spiro atoms. The van der Waals surface area contributed by atoms with Crippen molar-refractivity contribution < 1.29 is 499 Å². The fourth-order valence-corrected chi connectivity index (χ4v) is 9.30. The van der Waals surface area contributed by atoms with Gasteiger partial charge in [0.05, 0.1) is 0 Å². The molecule has 0 atom stereocenters. The van der Waals surface area contributed by atoms with Crippen LogP contribution in [0.2, 0.25) is 12.6 Å². The van der Waals surface area contributed by atoms with Crippen molar-refractivity contribution in [1.82, 2.24) is 10.6 Å². The molecule has 3 radical (unpaired) electrons. The number of carbonyl (C=O) groups is 10. The van der Waals surface area contributed by atoms with Crippen LogP contribution in [0.15, 0.2) is 0 Å². The molecule has 1 saturated heterocycles. The first-order valence-corrected chi connectivity index (χ1v) is 39.4. The molecule has 0 aromatic heterocycles. The summed E-state index contributed by atoms with van der Waals surface area (Å²) in [6.07, 6.45) is 15.7. The molecule has 745 valence electrons. The Morgan fingerprint density at radius 2 is 0.585 bits per heavy atom. The SMILES string of the molecule is CCO[Si](C)(CCCN)OCC.COCCCCC(=O)CCCC(=O)O.COCCCCC(=O)CCCC(=O)O.COCCCN.COCCCN.COCCCN.COCCCN.COCCCNC(=O)CCCC(=O)O.COCCCNC(=O)CCCC(=O)O.O=C1CCCC(=O)O1.OOS.OOS.OOS.[Er].[Er].[Er].[Y].[Y].[Y].[Yb].[Yb].[Yb]. The molecule has 38 nitrogen and oxygen atoms in total. The van der Waals surface area contributed by atoms with Gasteiger partial charge in [0.2, 0.25) is 11.8 Å². The molecule has 0 aromatic carbocycles. The van der Waals surface area contributed by atoms with E-state index in [4.69, 9.17) is 112 Å². The van der Waals surface area contributed by atoms with E-state index in [1.807, 2.05) is 13.8 Å². The van der Waals surface area contributed by atoms with Gasteiger partial charge in [-0.25, -0.2) is 15.8 Å². The zero-order valence-electron chi connectivity index (χ0n) is 70.6. The Labute approximate surface area is 1000 Å². The second-order valence-corrected chi connectivity index (χ2v) is 25.6. The quantitative estimate of drug-likeness (QED) is 0.00443. The summed E-state index contributed by atoms with van der Waals surface area (Å²) in [6, 6.07) is 1.01. The monoisotopic (exact) mass is 2960 g/mol. The normalized spacial score (nSPS) is 9.61. The van der Waals surface area contributed by atoms with E-state index in [1.54, 1.807) is 56.9 Å². The Kier molecular flexibility index (Phi) is 257. The zero-order valence-corrected chi connectivity index (χ0v) is 93.5. The molecule has 2 amide bonds. The molecule has 0 unspecified atom stereocenters. The number of carboxylic acid groups (broad SMARTS) is 4. The minimum atomic E-state index is -1.85. The van der Waals surface area contributed by atoms with E-state index in [9.17, 15) is 47.9 Å². The van der Waals surface area contributed by atoms with Crippen LogP contribution < -0.4 is 39.3 Å². The van der Waals surface area contributed by atoms with E-state index >= 15 is 0 Å². The van der Waals surface area contributed by atoms with Crippen molar-refractivity contribution in [3.63, 3.8) is 0 Å². The molecule has 0 bridgehead atoms. The molecule has 1 fully saturated rings. The Morgan fingerprint density at radius 1 is 0.373 bits per heavy atom. The average molecular weight is 2960 g/mol. The molecular weight excluding hydrogens is 2810 g/mol. The van der Waals surface area contributed by atoms with E-state index in [0.717, 1.165) is 149 Å². The molecule has 1 aliphatic rings. The van der Waals surface area contributed by atoms with Gasteiger partial charge in [-0.3, -0.25) is 47.9 Å². The van der Waals surface area contributed by atoms with Gasteiger partial charge in [0.25, 0.3) is 0 Å².